The smallest absolute Gasteiger partial charge is 0.311 e. The molecule has 0 atom stereocenters. The zero-order chi connectivity index (χ0) is 10.9. The van der Waals surface area contributed by atoms with Crippen LogP contribution in [0.25, 0.3) is 0 Å². The van der Waals surface area contributed by atoms with Gasteiger partial charge in [0.15, 0.2) is 0 Å². The molecule has 1 aliphatic carbocycles. The third-order valence-corrected chi connectivity index (χ3v) is 2.76. The highest BCUT2D eigenvalue weighted by Crippen LogP contribution is 2.45. The number of carbonyl (C=O) groups is 1. The molecular weight excluding hydrogens is 197 g/mol. The largest absolute Gasteiger partial charge is 0.481 e. The van der Waals surface area contributed by atoms with Gasteiger partial charge in [-0.05, 0) is 31.0 Å². The Kier molecular flexibility index (Phi) is 2.34. The van der Waals surface area contributed by atoms with Gasteiger partial charge in [-0.2, -0.15) is 0 Å². The fourth-order valence-corrected chi connectivity index (χ4v) is 1.49. The van der Waals surface area contributed by atoms with E-state index in [0.29, 0.717) is 25.1 Å². The first-order chi connectivity index (χ1) is 7.12. The minimum Gasteiger partial charge on any atom is -0.481 e. The van der Waals surface area contributed by atoms with Crippen LogP contribution in [-0.2, 0) is 4.79 Å². The summed E-state index contributed by atoms with van der Waals surface area (Å²) in [4.78, 5) is 10.9. The Morgan fingerprint density at radius 2 is 2.27 bits per heavy atom. The number of carboxylic acid groups (broad SMARTS) is 1. The van der Waals surface area contributed by atoms with Crippen LogP contribution in [0.1, 0.15) is 12.8 Å². The van der Waals surface area contributed by atoms with Gasteiger partial charge in [-0.15, -0.1) is 0 Å². The molecule has 0 aliphatic heterocycles. The lowest BCUT2D eigenvalue weighted by molar-refractivity contribution is -0.142. The molecule has 1 fully saturated rings. The van der Waals surface area contributed by atoms with Gasteiger partial charge >= 0.3 is 5.97 Å². The van der Waals surface area contributed by atoms with Crippen molar-refractivity contribution in [3.8, 4) is 0 Å². The summed E-state index contributed by atoms with van der Waals surface area (Å²) in [5, 5.41) is 11.9. The van der Waals surface area contributed by atoms with Gasteiger partial charge in [0.05, 0.1) is 5.41 Å². The molecule has 0 radical (unpaired) electrons. The highest BCUT2D eigenvalue weighted by molar-refractivity contribution is 5.78. The third-order valence-electron chi connectivity index (χ3n) is 2.76. The Balaban J connectivity index is 1.96. The molecule has 0 saturated heterocycles. The maximum atomic E-state index is 12.8. The van der Waals surface area contributed by atoms with Crippen molar-refractivity contribution in [3.63, 3.8) is 0 Å². The molecule has 0 unspecified atom stereocenters. The minimum atomic E-state index is -0.772. The van der Waals surface area contributed by atoms with Crippen molar-refractivity contribution in [2.45, 2.75) is 12.8 Å². The van der Waals surface area contributed by atoms with Crippen LogP contribution in [0, 0.1) is 11.2 Å². The van der Waals surface area contributed by atoms with E-state index in [1.54, 1.807) is 12.1 Å². The predicted octanol–water partition coefficient (Wildman–Crippen LogP) is 2.10. The van der Waals surface area contributed by atoms with E-state index in [4.69, 9.17) is 5.11 Å². The summed E-state index contributed by atoms with van der Waals surface area (Å²) in [6.07, 6.45) is 1.40. The Bertz CT molecular complexity index is 388. The monoisotopic (exact) mass is 209 g/mol. The van der Waals surface area contributed by atoms with E-state index in [0.717, 1.165) is 0 Å². The first kappa shape index (κ1) is 9.96. The van der Waals surface area contributed by atoms with Gasteiger partial charge in [0.1, 0.15) is 5.82 Å². The molecule has 1 aliphatic rings. The van der Waals surface area contributed by atoms with E-state index in [-0.39, 0.29) is 5.82 Å². The highest BCUT2D eigenvalue weighted by atomic mass is 19.1. The van der Waals surface area contributed by atoms with Gasteiger partial charge in [-0.1, -0.05) is 6.07 Å². The first-order valence-electron chi connectivity index (χ1n) is 4.85. The molecule has 0 spiro atoms. The number of carboxylic acids is 1. The summed E-state index contributed by atoms with van der Waals surface area (Å²) >= 11 is 0. The van der Waals surface area contributed by atoms with Crippen LogP contribution in [-0.4, -0.2) is 17.6 Å². The molecule has 0 heterocycles. The lowest BCUT2D eigenvalue weighted by Gasteiger charge is -2.11. The Morgan fingerprint density at radius 1 is 1.53 bits per heavy atom. The highest BCUT2D eigenvalue weighted by Gasteiger charge is 2.49. The van der Waals surface area contributed by atoms with Gasteiger partial charge in [0.2, 0.25) is 0 Å². The van der Waals surface area contributed by atoms with Crippen molar-refractivity contribution >= 4 is 11.7 Å². The zero-order valence-corrected chi connectivity index (χ0v) is 8.16. The summed E-state index contributed by atoms with van der Waals surface area (Å²) in [6, 6.07) is 6.03. The first-order valence-corrected chi connectivity index (χ1v) is 4.85. The normalized spacial score (nSPS) is 17.1. The molecule has 2 rings (SSSR count). The van der Waals surface area contributed by atoms with E-state index < -0.39 is 11.4 Å². The molecule has 80 valence electrons. The second-order valence-corrected chi connectivity index (χ2v) is 3.95. The molecule has 3 nitrogen and oxygen atoms in total. The summed E-state index contributed by atoms with van der Waals surface area (Å²) in [5.41, 5.74) is 0.00861. The Morgan fingerprint density at radius 3 is 2.80 bits per heavy atom. The van der Waals surface area contributed by atoms with Gasteiger partial charge in [0, 0.05) is 12.2 Å². The molecule has 15 heavy (non-hydrogen) atoms. The van der Waals surface area contributed by atoms with E-state index in [1.165, 1.54) is 12.1 Å². The Hall–Kier alpha value is -1.58. The molecule has 1 saturated carbocycles. The van der Waals surface area contributed by atoms with Crippen LogP contribution in [0.3, 0.4) is 0 Å². The lowest BCUT2D eigenvalue weighted by Crippen LogP contribution is -2.24. The second-order valence-electron chi connectivity index (χ2n) is 3.95. The number of rotatable bonds is 4. The molecule has 0 amide bonds. The zero-order valence-electron chi connectivity index (χ0n) is 8.16. The third kappa shape index (κ3) is 2.09. The molecule has 0 aromatic heterocycles. The van der Waals surface area contributed by atoms with E-state index in [9.17, 15) is 9.18 Å². The number of nitrogens with one attached hydrogen (secondary N) is 1. The fraction of sp³-hybridized carbons (Fsp3) is 0.364. The van der Waals surface area contributed by atoms with Crippen LogP contribution < -0.4 is 5.32 Å². The molecule has 0 bridgehead atoms. The average molecular weight is 209 g/mol. The molecule has 1 aromatic rings. The van der Waals surface area contributed by atoms with Gasteiger partial charge in [-0.25, -0.2) is 4.39 Å². The SMILES string of the molecule is O=C(O)C1(CNc2cccc(F)c2)CC1. The van der Waals surface area contributed by atoms with E-state index >= 15 is 0 Å². The van der Waals surface area contributed by atoms with Crippen molar-refractivity contribution in [1.82, 2.24) is 0 Å². The quantitative estimate of drug-likeness (QED) is 0.798. The minimum absolute atomic E-state index is 0.319. The number of hydrogen-bond donors (Lipinski definition) is 2. The van der Waals surface area contributed by atoms with Crippen molar-refractivity contribution in [2.75, 3.05) is 11.9 Å². The van der Waals surface area contributed by atoms with Crippen LogP contribution in [0.15, 0.2) is 24.3 Å². The van der Waals surface area contributed by atoms with E-state index in [2.05, 4.69) is 5.32 Å². The number of aliphatic carboxylic acids is 1. The fourth-order valence-electron chi connectivity index (χ4n) is 1.49. The predicted molar refractivity (Wildman–Crippen MR) is 54.2 cm³/mol. The molecule has 1 aromatic carbocycles. The van der Waals surface area contributed by atoms with E-state index in [1.807, 2.05) is 0 Å². The van der Waals surface area contributed by atoms with Gasteiger partial charge in [0.25, 0.3) is 0 Å². The topological polar surface area (TPSA) is 49.3 Å². The molecule has 4 heteroatoms. The Labute approximate surface area is 86.9 Å². The van der Waals surface area contributed by atoms with Crippen molar-refractivity contribution in [2.24, 2.45) is 5.41 Å². The number of hydrogen-bond acceptors (Lipinski definition) is 2. The number of benzene rings is 1. The second kappa shape index (κ2) is 3.53. The maximum absolute atomic E-state index is 12.8. The summed E-state index contributed by atoms with van der Waals surface area (Å²) in [6.45, 7) is 0.367. The number of halogens is 1. The van der Waals surface area contributed by atoms with Crippen LogP contribution in [0.5, 0.6) is 0 Å². The summed E-state index contributed by atoms with van der Waals surface area (Å²) in [5.74, 6) is -1.09. The van der Waals surface area contributed by atoms with Crippen LogP contribution >= 0.6 is 0 Å². The average Bonchev–Trinajstić information content (AvgIpc) is 2.96. The van der Waals surface area contributed by atoms with Crippen molar-refractivity contribution < 1.29 is 14.3 Å². The summed E-state index contributed by atoms with van der Waals surface area (Å²) in [7, 11) is 0. The number of anilines is 1. The molecular formula is C11H12FNO2. The van der Waals surface area contributed by atoms with Gasteiger partial charge < -0.3 is 10.4 Å². The van der Waals surface area contributed by atoms with Gasteiger partial charge in [-0.3, -0.25) is 4.79 Å². The van der Waals surface area contributed by atoms with Crippen LogP contribution in [0.2, 0.25) is 0 Å². The standard InChI is InChI=1S/C11H12FNO2/c12-8-2-1-3-9(6-8)13-7-11(4-5-11)10(14)15/h1-3,6,13H,4-5,7H2,(H,14,15). The van der Waals surface area contributed by atoms with Crippen molar-refractivity contribution in [1.29, 1.82) is 0 Å². The maximum Gasteiger partial charge on any atom is 0.311 e. The summed E-state index contributed by atoms with van der Waals surface area (Å²) < 4.78 is 12.8. The van der Waals surface area contributed by atoms with Crippen molar-refractivity contribution in [3.05, 3.63) is 30.1 Å². The lowest BCUT2D eigenvalue weighted by atomic mass is 10.1. The van der Waals surface area contributed by atoms with Crippen LogP contribution in [0.4, 0.5) is 10.1 Å². The molecule has 2 N–H and O–H groups in total.